The lowest BCUT2D eigenvalue weighted by atomic mass is 10.1. The molecular formula is C19H27N3O. The maximum Gasteiger partial charge on any atom is 0.226 e. The van der Waals surface area contributed by atoms with E-state index in [1.165, 1.54) is 24.0 Å². The molecule has 124 valence electrons. The number of aryl methyl sites for hydroxylation is 1. The summed E-state index contributed by atoms with van der Waals surface area (Å²) in [6, 6.07) is 9.63. The highest BCUT2D eigenvalue weighted by atomic mass is 16.5. The molecule has 1 aliphatic rings. The molecule has 0 N–H and O–H groups in total. The lowest BCUT2D eigenvalue weighted by Gasteiger charge is -2.20. The Morgan fingerprint density at radius 1 is 1.13 bits per heavy atom. The molecule has 0 saturated heterocycles. The molecule has 1 saturated carbocycles. The minimum Gasteiger partial charge on any atom is -0.339 e. The Morgan fingerprint density at radius 3 is 2.43 bits per heavy atom. The van der Waals surface area contributed by atoms with Crippen LogP contribution in [-0.2, 0) is 25.9 Å². The van der Waals surface area contributed by atoms with Gasteiger partial charge >= 0.3 is 0 Å². The average Bonchev–Trinajstić information content (AvgIpc) is 3.29. The number of hydrogen-bond acceptors (Lipinski definition) is 4. The van der Waals surface area contributed by atoms with E-state index in [0.717, 1.165) is 37.6 Å². The van der Waals surface area contributed by atoms with E-state index in [2.05, 4.69) is 60.1 Å². The molecule has 0 bridgehead atoms. The van der Waals surface area contributed by atoms with E-state index >= 15 is 0 Å². The van der Waals surface area contributed by atoms with Gasteiger partial charge in [0.15, 0.2) is 5.82 Å². The summed E-state index contributed by atoms with van der Waals surface area (Å²) in [5.41, 5.74) is 2.75. The minimum atomic E-state index is 0.542. The highest BCUT2D eigenvalue weighted by molar-refractivity contribution is 5.22. The summed E-state index contributed by atoms with van der Waals surface area (Å²) in [6.45, 7) is 8.27. The summed E-state index contributed by atoms with van der Waals surface area (Å²) in [4.78, 5) is 7.03. The first-order valence-electron chi connectivity index (χ1n) is 8.77. The highest BCUT2D eigenvalue weighted by Gasteiger charge is 2.30. The summed E-state index contributed by atoms with van der Waals surface area (Å²) in [5.74, 6) is 2.12. The van der Waals surface area contributed by atoms with Crippen LogP contribution < -0.4 is 0 Å². The molecule has 0 aliphatic heterocycles. The van der Waals surface area contributed by atoms with E-state index in [-0.39, 0.29) is 0 Å². The summed E-state index contributed by atoms with van der Waals surface area (Å²) < 4.78 is 5.37. The van der Waals surface area contributed by atoms with Crippen molar-refractivity contribution in [2.24, 2.45) is 5.92 Å². The SMILES string of the molecule is CCc1ccc(CN(Cc2noc(CC(C)C)n2)C2CC2)cc1. The molecule has 1 aliphatic carbocycles. The van der Waals surface area contributed by atoms with Crippen LogP contribution in [0.3, 0.4) is 0 Å². The van der Waals surface area contributed by atoms with E-state index in [1.54, 1.807) is 0 Å². The molecule has 0 radical (unpaired) electrons. The fourth-order valence-electron chi connectivity index (χ4n) is 2.84. The van der Waals surface area contributed by atoms with Crippen molar-refractivity contribution in [3.63, 3.8) is 0 Å². The molecule has 1 aromatic carbocycles. The molecule has 3 rings (SSSR count). The van der Waals surface area contributed by atoms with Crippen LogP contribution in [-0.4, -0.2) is 21.1 Å². The van der Waals surface area contributed by atoms with E-state index in [1.807, 2.05) is 0 Å². The van der Waals surface area contributed by atoms with E-state index in [9.17, 15) is 0 Å². The molecule has 0 unspecified atom stereocenters. The van der Waals surface area contributed by atoms with Gasteiger partial charge in [-0.05, 0) is 36.3 Å². The van der Waals surface area contributed by atoms with Crippen LogP contribution in [0.15, 0.2) is 28.8 Å². The Balaban J connectivity index is 1.63. The second-order valence-corrected chi connectivity index (χ2v) is 7.01. The van der Waals surface area contributed by atoms with E-state index in [0.29, 0.717) is 12.0 Å². The van der Waals surface area contributed by atoms with E-state index < -0.39 is 0 Å². The molecule has 1 fully saturated rings. The third kappa shape index (κ3) is 4.64. The molecular weight excluding hydrogens is 286 g/mol. The first-order chi connectivity index (χ1) is 11.1. The van der Waals surface area contributed by atoms with Crippen molar-refractivity contribution in [2.75, 3.05) is 0 Å². The van der Waals surface area contributed by atoms with Crippen LogP contribution in [0, 0.1) is 5.92 Å². The predicted molar refractivity (Wildman–Crippen MR) is 90.9 cm³/mol. The zero-order valence-corrected chi connectivity index (χ0v) is 14.5. The average molecular weight is 313 g/mol. The number of rotatable bonds is 8. The number of hydrogen-bond donors (Lipinski definition) is 0. The summed E-state index contributed by atoms with van der Waals surface area (Å²) in [5, 5.41) is 4.16. The first-order valence-corrected chi connectivity index (χ1v) is 8.77. The van der Waals surface area contributed by atoms with Crippen molar-refractivity contribution in [1.82, 2.24) is 15.0 Å². The van der Waals surface area contributed by atoms with Crippen molar-refractivity contribution in [1.29, 1.82) is 0 Å². The zero-order chi connectivity index (χ0) is 16.2. The predicted octanol–water partition coefficient (Wildman–Crippen LogP) is 4.00. The lowest BCUT2D eigenvalue weighted by Crippen LogP contribution is -2.25. The fraction of sp³-hybridized carbons (Fsp3) is 0.579. The lowest BCUT2D eigenvalue weighted by molar-refractivity contribution is 0.235. The van der Waals surface area contributed by atoms with Gasteiger partial charge in [0, 0.05) is 19.0 Å². The Morgan fingerprint density at radius 2 is 1.83 bits per heavy atom. The Labute approximate surface area is 138 Å². The maximum absolute atomic E-state index is 5.37. The van der Waals surface area contributed by atoms with Gasteiger partial charge in [-0.3, -0.25) is 4.90 Å². The number of aromatic nitrogens is 2. The molecule has 0 spiro atoms. The quantitative estimate of drug-likeness (QED) is 0.739. The summed E-state index contributed by atoms with van der Waals surface area (Å²) in [7, 11) is 0. The van der Waals surface area contributed by atoms with E-state index in [4.69, 9.17) is 4.52 Å². The van der Waals surface area contributed by atoms with Gasteiger partial charge in [-0.1, -0.05) is 50.2 Å². The smallest absolute Gasteiger partial charge is 0.226 e. The second-order valence-electron chi connectivity index (χ2n) is 7.01. The van der Waals surface area contributed by atoms with Crippen molar-refractivity contribution in [3.8, 4) is 0 Å². The third-order valence-electron chi connectivity index (χ3n) is 4.32. The Kier molecular flexibility index (Phi) is 5.11. The fourth-order valence-corrected chi connectivity index (χ4v) is 2.84. The van der Waals surface area contributed by atoms with Gasteiger partial charge in [-0.25, -0.2) is 0 Å². The van der Waals surface area contributed by atoms with Crippen molar-refractivity contribution in [2.45, 2.75) is 65.6 Å². The third-order valence-corrected chi connectivity index (χ3v) is 4.32. The minimum absolute atomic E-state index is 0.542. The largest absolute Gasteiger partial charge is 0.339 e. The highest BCUT2D eigenvalue weighted by Crippen LogP contribution is 2.29. The van der Waals surface area contributed by atoms with Crippen LogP contribution in [0.2, 0.25) is 0 Å². The summed E-state index contributed by atoms with van der Waals surface area (Å²) in [6.07, 6.45) is 4.51. The standard InChI is InChI=1S/C19H27N3O/c1-4-15-5-7-16(8-6-15)12-22(17-9-10-17)13-18-20-19(23-21-18)11-14(2)3/h5-8,14,17H,4,9-13H2,1-3H3. The maximum atomic E-state index is 5.37. The van der Waals surface area contributed by atoms with Gasteiger partial charge in [0.2, 0.25) is 5.89 Å². The van der Waals surface area contributed by atoms with Crippen LogP contribution in [0.5, 0.6) is 0 Å². The number of benzene rings is 1. The van der Waals surface area contributed by atoms with Crippen LogP contribution >= 0.6 is 0 Å². The zero-order valence-electron chi connectivity index (χ0n) is 14.5. The summed E-state index contributed by atoms with van der Waals surface area (Å²) >= 11 is 0. The van der Waals surface area contributed by atoms with Crippen molar-refractivity contribution in [3.05, 3.63) is 47.1 Å². The second kappa shape index (κ2) is 7.26. The monoisotopic (exact) mass is 313 g/mol. The van der Waals surface area contributed by atoms with Gasteiger partial charge < -0.3 is 4.52 Å². The molecule has 2 aromatic rings. The van der Waals surface area contributed by atoms with Crippen LogP contribution in [0.4, 0.5) is 0 Å². The van der Waals surface area contributed by atoms with Crippen LogP contribution in [0.25, 0.3) is 0 Å². The molecule has 0 atom stereocenters. The molecule has 0 amide bonds. The first kappa shape index (κ1) is 16.2. The normalized spacial score (nSPS) is 14.8. The Bertz CT molecular complexity index is 614. The Hall–Kier alpha value is -1.68. The van der Waals surface area contributed by atoms with Gasteiger partial charge in [0.25, 0.3) is 0 Å². The molecule has 1 heterocycles. The molecule has 23 heavy (non-hydrogen) atoms. The van der Waals surface area contributed by atoms with Gasteiger partial charge in [0.05, 0.1) is 6.54 Å². The van der Waals surface area contributed by atoms with Gasteiger partial charge in [-0.15, -0.1) is 0 Å². The van der Waals surface area contributed by atoms with Crippen molar-refractivity contribution < 1.29 is 4.52 Å². The van der Waals surface area contributed by atoms with Crippen LogP contribution in [0.1, 0.15) is 56.5 Å². The molecule has 4 nitrogen and oxygen atoms in total. The van der Waals surface area contributed by atoms with Gasteiger partial charge in [-0.2, -0.15) is 4.98 Å². The molecule has 1 aromatic heterocycles. The van der Waals surface area contributed by atoms with Crippen molar-refractivity contribution >= 4 is 0 Å². The number of nitrogens with zero attached hydrogens (tertiary/aromatic N) is 3. The van der Waals surface area contributed by atoms with Gasteiger partial charge in [0.1, 0.15) is 0 Å². The molecule has 4 heteroatoms. The topological polar surface area (TPSA) is 42.2 Å².